The number of hydrogen-bond donors (Lipinski definition) is 1. The maximum Gasteiger partial charge on any atom is 0.123 e. The third-order valence-electron chi connectivity index (χ3n) is 3.66. The van der Waals surface area contributed by atoms with Gasteiger partial charge in [-0.25, -0.2) is 4.39 Å². The van der Waals surface area contributed by atoms with E-state index in [2.05, 4.69) is 10.4 Å². The molecule has 1 atom stereocenters. The summed E-state index contributed by atoms with van der Waals surface area (Å²) in [7, 11) is 1.90. The molecule has 0 fully saturated rings. The van der Waals surface area contributed by atoms with Crippen LogP contribution >= 0.6 is 11.6 Å². The highest BCUT2D eigenvalue weighted by atomic mass is 35.5. The van der Waals surface area contributed by atoms with Crippen molar-refractivity contribution in [3.05, 3.63) is 52.1 Å². The quantitative estimate of drug-likeness (QED) is 0.884. The summed E-state index contributed by atoms with van der Waals surface area (Å²) in [5.74, 6) is -0.0514. The van der Waals surface area contributed by atoms with E-state index in [1.165, 1.54) is 6.07 Å². The molecule has 114 valence electrons. The molecule has 0 saturated carbocycles. The minimum absolute atomic E-state index is 0.157. The van der Waals surface area contributed by atoms with Gasteiger partial charge in [0.15, 0.2) is 0 Å². The lowest BCUT2D eigenvalue weighted by molar-refractivity contribution is 0.558. The number of benzene rings is 1. The van der Waals surface area contributed by atoms with Gasteiger partial charge >= 0.3 is 0 Å². The first kappa shape index (κ1) is 16.0. The van der Waals surface area contributed by atoms with Crippen LogP contribution in [0.15, 0.2) is 24.3 Å². The second-order valence-corrected chi connectivity index (χ2v) is 5.55. The van der Waals surface area contributed by atoms with Gasteiger partial charge in [-0.3, -0.25) is 4.68 Å². The molecule has 0 bridgehead atoms. The molecule has 0 spiro atoms. The third kappa shape index (κ3) is 3.63. The van der Waals surface area contributed by atoms with E-state index in [1.807, 2.05) is 31.6 Å². The van der Waals surface area contributed by atoms with Gasteiger partial charge in [0.25, 0.3) is 0 Å². The second-order valence-electron chi connectivity index (χ2n) is 5.18. The van der Waals surface area contributed by atoms with Crippen LogP contribution in [-0.4, -0.2) is 23.4 Å². The van der Waals surface area contributed by atoms with Crippen LogP contribution in [0.5, 0.6) is 0 Å². The summed E-state index contributed by atoms with van der Waals surface area (Å²) in [6, 6.07) is 6.76. The average Bonchev–Trinajstić information content (AvgIpc) is 2.74. The van der Waals surface area contributed by atoms with E-state index in [0.29, 0.717) is 5.02 Å². The Hall–Kier alpha value is -1.39. The molecule has 2 aromatic rings. The molecule has 0 aliphatic heterocycles. The Morgan fingerprint density at radius 2 is 2.19 bits per heavy atom. The minimum Gasteiger partial charge on any atom is -0.319 e. The molecule has 0 radical (unpaired) electrons. The van der Waals surface area contributed by atoms with E-state index in [-0.39, 0.29) is 11.7 Å². The van der Waals surface area contributed by atoms with Gasteiger partial charge in [0.1, 0.15) is 5.82 Å². The first-order chi connectivity index (χ1) is 10.1. The van der Waals surface area contributed by atoms with Crippen LogP contribution in [0.4, 0.5) is 4.39 Å². The van der Waals surface area contributed by atoms with Crippen molar-refractivity contribution < 1.29 is 4.39 Å². The highest BCUT2D eigenvalue weighted by molar-refractivity contribution is 6.31. The van der Waals surface area contributed by atoms with E-state index in [1.54, 1.807) is 12.1 Å². The molecule has 1 unspecified atom stereocenters. The molecule has 0 aliphatic carbocycles. The topological polar surface area (TPSA) is 29.9 Å². The normalized spacial score (nSPS) is 12.6. The third-order valence-corrected chi connectivity index (χ3v) is 4.15. The van der Waals surface area contributed by atoms with Gasteiger partial charge in [0.05, 0.1) is 16.4 Å². The van der Waals surface area contributed by atoms with Crippen LogP contribution < -0.4 is 5.32 Å². The van der Waals surface area contributed by atoms with Crippen LogP contribution in [0, 0.1) is 12.7 Å². The van der Waals surface area contributed by atoms with Crippen molar-refractivity contribution in [2.24, 2.45) is 0 Å². The average molecular weight is 310 g/mol. The van der Waals surface area contributed by atoms with E-state index in [4.69, 9.17) is 11.6 Å². The zero-order valence-corrected chi connectivity index (χ0v) is 13.4. The number of aromatic nitrogens is 2. The molecule has 0 aliphatic rings. The fraction of sp³-hybridized carbons (Fsp3) is 0.438. The highest BCUT2D eigenvalue weighted by Gasteiger charge is 2.19. The van der Waals surface area contributed by atoms with E-state index >= 15 is 0 Å². The number of likely N-dealkylation sites (N-methyl/N-ethyl adjacent to an activating group) is 1. The Bertz CT molecular complexity index is 610. The van der Waals surface area contributed by atoms with Gasteiger partial charge in [-0.2, -0.15) is 5.10 Å². The van der Waals surface area contributed by atoms with Crippen molar-refractivity contribution in [2.75, 3.05) is 13.6 Å². The molecule has 21 heavy (non-hydrogen) atoms. The molecule has 0 saturated heterocycles. The first-order valence-corrected chi connectivity index (χ1v) is 7.56. The molecule has 1 aromatic heterocycles. The smallest absolute Gasteiger partial charge is 0.123 e. The lowest BCUT2D eigenvalue weighted by Gasteiger charge is -2.18. The van der Waals surface area contributed by atoms with Gasteiger partial charge in [-0.15, -0.1) is 0 Å². The molecule has 1 heterocycles. The minimum atomic E-state index is -0.208. The number of aryl methyl sites for hydroxylation is 2. The molecular formula is C16H21ClFN3. The lowest BCUT2D eigenvalue weighted by Crippen LogP contribution is -2.20. The zero-order chi connectivity index (χ0) is 15.4. The summed E-state index contributed by atoms with van der Waals surface area (Å²) in [5, 5.41) is 8.33. The van der Waals surface area contributed by atoms with Gasteiger partial charge in [0, 0.05) is 19.0 Å². The Labute approximate surface area is 130 Å². The molecule has 3 nitrogen and oxygen atoms in total. The highest BCUT2D eigenvalue weighted by Crippen LogP contribution is 2.27. The Morgan fingerprint density at radius 1 is 1.43 bits per heavy atom. The lowest BCUT2D eigenvalue weighted by atomic mass is 9.93. The first-order valence-electron chi connectivity index (χ1n) is 7.18. The molecular weight excluding hydrogens is 289 g/mol. The number of hydrogen-bond acceptors (Lipinski definition) is 2. The maximum absolute atomic E-state index is 13.5. The number of nitrogens with zero attached hydrogens (tertiary/aromatic N) is 2. The molecule has 1 N–H and O–H groups in total. The Kier molecular flexibility index (Phi) is 5.37. The number of halogens is 2. The Morgan fingerprint density at radius 3 is 2.81 bits per heavy atom. The number of rotatable bonds is 6. The second kappa shape index (κ2) is 7.05. The van der Waals surface area contributed by atoms with Crippen molar-refractivity contribution in [1.29, 1.82) is 0 Å². The van der Waals surface area contributed by atoms with Crippen molar-refractivity contribution in [2.45, 2.75) is 32.7 Å². The fourth-order valence-electron chi connectivity index (χ4n) is 2.61. The van der Waals surface area contributed by atoms with Crippen molar-refractivity contribution in [1.82, 2.24) is 15.1 Å². The van der Waals surface area contributed by atoms with E-state index in [9.17, 15) is 4.39 Å². The summed E-state index contributed by atoms with van der Waals surface area (Å²) in [4.78, 5) is 0. The van der Waals surface area contributed by atoms with Crippen LogP contribution in [0.25, 0.3) is 0 Å². The zero-order valence-electron chi connectivity index (χ0n) is 12.7. The van der Waals surface area contributed by atoms with Crippen molar-refractivity contribution >= 4 is 11.6 Å². The van der Waals surface area contributed by atoms with E-state index < -0.39 is 0 Å². The van der Waals surface area contributed by atoms with Gasteiger partial charge in [-0.1, -0.05) is 23.7 Å². The Balaban J connectivity index is 2.32. The standard InChI is InChI=1S/C16H21ClFN3/c1-4-21-15(16(17)11(2)20-21)9-13(10-19-3)12-6-5-7-14(18)8-12/h5-8,13,19H,4,9-10H2,1-3H3. The molecule has 5 heteroatoms. The van der Waals surface area contributed by atoms with Crippen LogP contribution in [0.1, 0.15) is 29.8 Å². The van der Waals surface area contributed by atoms with Crippen LogP contribution in [0.3, 0.4) is 0 Å². The summed E-state index contributed by atoms with van der Waals surface area (Å²) >= 11 is 6.38. The van der Waals surface area contributed by atoms with E-state index in [0.717, 1.165) is 36.5 Å². The predicted molar refractivity (Wildman–Crippen MR) is 84.4 cm³/mol. The summed E-state index contributed by atoms with van der Waals surface area (Å²) in [6.07, 6.45) is 0.734. The van der Waals surface area contributed by atoms with Gasteiger partial charge < -0.3 is 5.32 Å². The van der Waals surface area contributed by atoms with Gasteiger partial charge in [0.2, 0.25) is 0 Å². The SMILES string of the molecule is CCn1nc(C)c(Cl)c1CC(CNC)c1cccc(F)c1. The van der Waals surface area contributed by atoms with Crippen LogP contribution in [-0.2, 0) is 13.0 Å². The molecule has 1 aromatic carbocycles. The van der Waals surface area contributed by atoms with Crippen LogP contribution in [0.2, 0.25) is 5.02 Å². The van der Waals surface area contributed by atoms with Crippen molar-refractivity contribution in [3.8, 4) is 0 Å². The summed E-state index contributed by atoms with van der Waals surface area (Å²) < 4.78 is 15.4. The largest absolute Gasteiger partial charge is 0.319 e. The summed E-state index contributed by atoms with van der Waals surface area (Å²) in [5.41, 5.74) is 2.83. The van der Waals surface area contributed by atoms with Gasteiger partial charge in [-0.05, 0) is 45.0 Å². The molecule has 0 amide bonds. The fourth-order valence-corrected chi connectivity index (χ4v) is 2.82. The molecule has 2 rings (SSSR count). The number of nitrogens with one attached hydrogen (secondary N) is 1. The summed E-state index contributed by atoms with van der Waals surface area (Å²) in [6.45, 7) is 5.49. The predicted octanol–water partition coefficient (Wildman–Crippen LogP) is 3.55. The van der Waals surface area contributed by atoms with Crippen molar-refractivity contribution in [3.63, 3.8) is 0 Å². The monoisotopic (exact) mass is 309 g/mol. The maximum atomic E-state index is 13.5.